The van der Waals surface area contributed by atoms with Crippen molar-refractivity contribution in [2.45, 2.75) is 51.0 Å². The normalized spacial score (nSPS) is 18.7. The molecule has 1 saturated carbocycles. The Bertz CT molecular complexity index is 714. The van der Waals surface area contributed by atoms with E-state index in [4.69, 9.17) is 0 Å². The molecule has 4 amide bonds. The molecular formula is C18H22FN3O3. The second kappa shape index (κ2) is 6.82. The first-order valence-corrected chi connectivity index (χ1v) is 8.61. The highest BCUT2D eigenvalue weighted by Crippen LogP contribution is 2.35. The van der Waals surface area contributed by atoms with Crippen molar-refractivity contribution in [1.82, 2.24) is 10.2 Å². The van der Waals surface area contributed by atoms with Crippen molar-refractivity contribution in [1.29, 1.82) is 0 Å². The van der Waals surface area contributed by atoms with Gasteiger partial charge < -0.3 is 10.6 Å². The van der Waals surface area contributed by atoms with Crippen LogP contribution < -0.4 is 10.6 Å². The number of nitrogens with one attached hydrogen (secondary N) is 2. The molecule has 0 bridgehead atoms. The van der Waals surface area contributed by atoms with Gasteiger partial charge in [-0.15, -0.1) is 0 Å². The summed E-state index contributed by atoms with van der Waals surface area (Å²) in [7, 11) is 0. The van der Waals surface area contributed by atoms with Crippen LogP contribution in [0.15, 0.2) is 18.2 Å². The molecule has 1 heterocycles. The highest BCUT2D eigenvalue weighted by Gasteiger charge is 2.51. The van der Waals surface area contributed by atoms with Gasteiger partial charge in [0.2, 0.25) is 5.91 Å². The van der Waals surface area contributed by atoms with E-state index in [0.717, 1.165) is 12.8 Å². The van der Waals surface area contributed by atoms with E-state index >= 15 is 0 Å². The van der Waals surface area contributed by atoms with Crippen molar-refractivity contribution >= 4 is 23.5 Å². The number of anilines is 1. The topological polar surface area (TPSA) is 78.5 Å². The lowest BCUT2D eigenvalue weighted by molar-refractivity contribution is -0.131. The maximum absolute atomic E-state index is 13.1. The number of halogens is 1. The third kappa shape index (κ3) is 3.50. The molecule has 0 aromatic heterocycles. The average molecular weight is 347 g/mol. The molecule has 7 heteroatoms. The summed E-state index contributed by atoms with van der Waals surface area (Å²) in [5.41, 5.74) is 0.502. The summed E-state index contributed by atoms with van der Waals surface area (Å²) in [5.74, 6) is -0.739. The molecule has 134 valence electrons. The van der Waals surface area contributed by atoms with Gasteiger partial charge in [0.25, 0.3) is 5.91 Å². The standard InChI is InChI=1S/C18H22FN3O3/c1-12-11-13(19)6-7-14(12)20-15(23)5-4-10-22-16(24)18(21-17(22)25)8-2-3-9-18/h6-7,11H,2-5,8-10H2,1H3,(H,20,23)(H,21,25). The van der Waals surface area contributed by atoms with Gasteiger partial charge in [-0.1, -0.05) is 12.8 Å². The first-order valence-electron chi connectivity index (χ1n) is 8.61. The summed E-state index contributed by atoms with van der Waals surface area (Å²) < 4.78 is 13.1. The second-order valence-corrected chi connectivity index (χ2v) is 6.79. The highest BCUT2D eigenvalue weighted by atomic mass is 19.1. The van der Waals surface area contributed by atoms with E-state index in [0.29, 0.717) is 30.5 Å². The van der Waals surface area contributed by atoms with Gasteiger partial charge in [0.05, 0.1) is 0 Å². The predicted octanol–water partition coefficient (Wildman–Crippen LogP) is 2.72. The molecule has 1 spiro atoms. The molecule has 1 aromatic rings. The predicted molar refractivity (Wildman–Crippen MR) is 90.4 cm³/mol. The van der Waals surface area contributed by atoms with Gasteiger partial charge in [-0.05, 0) is 49.9 Å². The maximum atomic E-state index is 13.1. The second-order valence-electron chi connectivity index (χ2n) is 6.79. The molecule has 1 aliphatic carbocycles. The Hall–Kier alpha value is -2.44. The molecule has 3 rings (SSSR count). The van der Waals surface area contributed by atoms with Crippen molar-refractivity contribution in [3.63, 3.8) is 0 Å². The first kappa shape index (κ1) is 17.4. The van der Waals surface area contributed by atoms with Gasteiger partial charge in [0.15, 0.2) is 0 Å². The van der Waals surface area contributed by atoms with Gasteiger partial charge in [-0.3, -0.25) is 14.5 Å². The van der Waals surface area contributed by atoms with Crippen molar-refractivity contribution in [3.05, 3.63) is 29.6 Å². The number of aryl methyl sites for hydroxylation is 1. The van der Waals surface area contributed by atoms with Crippen LogP contribution >= 0.6 is 0 Å². The third-order valence-electron chi connectivity index (χ3n) is 4.95. The van der Waals surface area contributed by atoms with Crippen LogP contribution in [0.25, 0.3) is 0 Å². The zero-order chi connectivity index (χ0) is 18.0. The van der Waals surface area contributed by atoms with Crippen LogP contribution in [-0.2, 0) is 9.59 Å². The fraction of sp³-hybridized carbons (Fsp3) is 0.500. The number of carbonyl (C=O) groups is 3. The monoisotopic (exact) mass is 347 g/mol. The fourth-order valence-electron chi connectivity index (χ4n) is 3.57. The van der Waals surface area contributed by atoms with E-state index in [1.165, 1.54) is 23.1 Å². The van der Waals surface area contributed by atoms with Crippen LogP contribution in [0.4, 0.5) is 14.9 Å². The number of nitrogens with zero attached hydrogens (tertiary/aromatic N) is 1. The molecule has 25 heavy (non-hydrogen) atoms. The Balaban J connectivity index is 1.50. The average Bonchev–Trinajstić information content (AvgIpc) is 3.11. The molecule has 0 atom stereocenters. The number of urea groups is 1. The van der Waals surface area contributed by atoms with Crippen molar-refractivity contribution in [2.75, 3.05) is 11.9 Å². The number of hydrogen-bond acceptors (Lipinski definition) is 3. The smallest absolute Gasteiger partial charge is 0.325 e. The maximum Gasteiger partial charge on any atom is 0.325 e. The summed E-state index contributed by atoms with van der Waals surface area (Å²) in [6.45, 7) is 1.94. The summed E-state index contributed by atoms with van der Waals surface area (Å²) in [6, 6.07) is 3.80. The van der Waals surface area contributed by atoms with Gasteiger partial charge >= 0.3 is 6.03 Å². The SMILES string of the molecule is Cc1cc(F)ccc1NC(=O)CCCN1C(=O)NC2(CCCC2)C1=O. The molecule has 6 nitrogen and oxygen atoms in total. The van der Waals surface area contributed by atoms with Crippen LogP contribution in [-0.4, -0.2) is 34.8 Å². The third-order valence-corrected chi connectivity index (χ3v) is 4.95. The summed E-state index contributed by atoms with van der Waals surface area (Å²) in [6.07, 6.45) is 3.84. The molecule has 0 radical (unpaired) electrons. The minimum absolute atomic E-state index is 0.162. The van der Waals surface area contributed by atoms with Crippen molar-refractivity contribution in [3.8, 4) is 0 Å². The Morgan fingerprint density at radius 1 is 1.32 bits per heavy atom. The minimum Gasteiger partial charge on any atom is -0.326 e. The lowest BCUT2D eigenvalue weighted by atomic mass is 9.98. The van der Waals surface area contributed by atoms with Crippen LogP contribution in [0, 0.1) is 12.7 Å². The van der Waals surface area contributed by atoms with E-state index in [1.54, 1.807) is 6.92 Å². The van der Waals surface area contributed by atoms with Crippen LogP contribution in [0.5, 0.6) is 0 Å². The Labute approximate surface area is 145 Å². The number of benzene rings is 1. The van der Waals surface area contributed by atoms with E-state index in [9.17, 15) is 18.8 Å². The van der Waals surface area contributed by atoms with Crippen molar-refractivity contribution in [2.24, 2.45) is 0 Å². The van der Waals surface area contributed by atoms with E-state index < -0.39 is 5.54 Å². The molecule has 2 fully saturated rings. The number of amides is 4. The quantitative estimate of drug-likeness (QED) is 0.804. The van der Waals surface area contributed by atoms with Gasteiger partial charge in [0, 0.05) is 18.7 Å². The number of imide groups is 1. The molecule has 2 N–H and O–H groups in total. The lowest BCUT2D eigenvalue weighted by Gasteiger charge is -2.19. The van der Waals surface area contributed by atoms with Crippen LogP contribution in [0.2, 0.25) is 0 Å². The molecular weight excluding hydrogens is 325 g/mol. The molecule has 2 aliphatic rings. The van der Waals surface area contributed by atoms with E-state index in [1.807, 2.05) is 0 Å². The Morgan fingerprint density at radius 3 is 2.72 bits per heavy atom. The molecule has 0 unspecified atom stereocenters. The van der Waals surface area contributed by atoms with Gasteiger partial charge in [-0.2, -0.15) is 0 Å². The highest BCUT2D eigenvalue weighted by molar-refractivity contribution is 6.07. The molecule has 1 aromatic carbocycles. The first-order chi connectivity index (χ1) is 11.9. The van der Waals surface area contributed by atoms with E-state index in [2.05, 4.69) is 10.6 Å². The zero-order valence-electron chi connectivity index (χ0n) is 14.2. The number of hydrogen-bond donors (Lipinski definition) is 2. The largest absolute Gasteiger partial charge is 0.326 e. The Kier molecular flexibility index (Phi) is 4.74. The van der Waals surface area contributed by atoms with Crippen LogP contribution in [0.3, 0.4) is 0 Å². The minimum atomic E-state index is -0.704. The molecule has 1 aliphatic heterocycles. The summed E-state index contributed by atoms with van der Waals surface area (Å²) in [5, 5.41) is 5.55. The Morgan fingerprint density at radius 2 is 2.04 bits per heavy atom. The van der Waals surface area contributed by atoms with E-state index in [-0.39, 0.29) is 36.6 Å². The summed E-state index contributed by atoms with van der Waals surface area (Å²) in [4.78, 5) is 37.8. The van der Waals surface area contributed by atoms with Gasteiger partial charge in [0.1, 0.15) is 11.4 Å². The fourth-order valence-corrected chi connectivity index (χ4v) is 3.57. The molecule has 1 saturated heterocycles. The zero-order valence-corrected chi connectivity index (χ0v) is 14.2. The van der Waals surface area contributed by atoms with Crippen LogP contribution in [0.1, 0.15) is 44.1 Å². The van der Waals surface area contributed by atoms with Gasteiger partial charge in [-0.25, -0.2) is 9.18 Å². The summed E-state index contributed by atoms with van der Waals surface area (Å²) >= 11 is 0. The lowest BCUT2D eigenvalue weighted by Crippen LogP contribution is -2.44. The number of rotatable bonds is 5. The van der Waals surface area contributed by atoms with Crippen molar-refractivity contribution < 1.29 is 18.8 Å². The number of carbonyl (C=O) groups excluding carboxylic acids is 3.